The van der Waals surface area contributed by atoms with Crippen molar-refractivity contribution in [2.24, 2.45) is 5.14 Å². The van der Waals surface area contributed by atoms with Crippen molar-refractivity contribution in [1.29, 1.82) is 0 Å². The lowest BCUT2D eigenvalue weighted by atomic mass is 10.1. The van der Waals surface area contributed by atoms with Crippen molar-refractivity contribution in [2.45, 2.75) is 11.2 Å². The SMILES string of the molecule is COc1ccc(-c2cccc(Oc3ccc(C(O)OC)cc3S(N)(=O)=O)c2)cc1. The van der Waals surface area contributed by atoms with E-state index in [9.17, 15) is 13.5 Å². The highest BCUT2D eigenvalue weighted by Crippen LogP contribution is 2.33. The van der Waals surface area contributed by atoms with Gasteiger partial charge in [-0.15, -0.1) is 0 Å². The van der Waals surface area contributed by atoms with Gasteiger partial charge in [0.15, 0.2) is 6.29 Å². The van der Waals surface area contributed by atoms with Gasteiger partial charge in [0, 0.05) is 12.7 Å². The maximum absolute atomic E-state index is 12.0. The van der Waals surface area contributed by atoms with Crippen LogP contribution >= 0.6 is 0 Å². The molecule has 0 aliphatic carbocycles. The summed E-state index contributed by atoms with van der Waals surface area (Å²) in [5.74, 6) is 1.23. The molecule has 1 unspecified atom stereocenters. The molecule has 3 N–H and O–H groups in total. The number of primary sulfonamides is 1. The summed E-state index contributed by atoms with van der Waals surface area (Å²) in [5, 5.41) is 15.1. The van der Waals surface area contributed by atoms with Crippen molar-refractivity contribution < 1.29 is 27.7 Å². The van der Waals surface area contributed by atoms with Crippen LogP contribution in [0.15, 0.2) is 71.6 Å². The average Bonchev–Trinajstić information content (AvgIpc) is 2.73. The first-order valence-corrected chi connectivity index (χ1v) is 10.2. The van der Waals surface area contributed by atoms with Crippen LogP contribution in [-0.4, -0.2) is 27.7 Å². The van der Waals surface area contributed by atoms with Crippen LogP contribution in [-0.2, 0) is 14.8 Å². The van der Waals surface area contributed by atoms with E-state index in [1.807, 2.05) is 30.3 Å². The summed E-state index contributed by atoms with van der Waals surface area (Å²) >= 11 is 0. The first-order chi connectivity index (χ1) is 13.8. The molecule has 0 spiro atoms. The van der Waals surface area contributed by atoms with Crippen LogP contribution in [0.2, 0.25) is 0 Å². The smallest absolute Gasteiger partial charge is 0.241 e. The molecule has 0 amide bonds. The van der Waals surface area contributed by atoms with Crippen molar-refractivity contribution in [3.05, 3.63) is 72.3 Å². The summed E-state index contributed by atoms with van der Waals surface area (Å²) in [7, 11) is -1.19. The Hall–Kier alpha value is -2.91. The molecule has 7 nitrogen and oxygen atoms in total. The number of sulfonamides is 1. The fourth-order valence-electron chi connectivity index (χ4n) is 2.77. The second-order valence-electron chi connectivity index (χ2n) is 6.20. The lowest BCUT2D eigenvalue weighted by Gasteiger charge is -2.14. The lowest BCUT2D eigenvalue weighted by molar-refractivity contribution is -0.0770. The Bertz CT molecular complexity index is 1100. The number of aliphatic hydroxyl groups is 1. The van der Waals surface area contributed by atoms with Gasteiger partial charge in [0.2, 0.25) is 10.0 Å². The molecule has 1 atom stereocenters. The Morgan fingerprint density at radius 3 is 2.24 bits per heavy atom. The van der Waals surface area contributed by atoms with Gasteiger partial charge in [-0.25, -0.2) is 13.6 Å². The third-order valence-corrected chi connectivity index (χ3v) is 5.20. The summed E-state index contributed by atoms with van der Waals surface area (Å²) in [6, 6.07) is 18.9. The van der Waals surface area contributed by atoms with E-state index in [1.165, 1.54) is 25.3 Å². The summed E-state index contributed by atoms with van der Waals surface area (Å²) < 4.78 is 39.8. The predicted octanol–water partition coefficient (Wildman–Crippen LogP) is 3.44. The van der Waals surface area contributed by atoms with Gasteiger partial charge in [0.1, 0.15) is 22.1 Å². The molecule has 0 radical (unpaired) electrons. The Labute approximate surface area is 169 Å². The van der Waals surface area contributed by atoms with E-state index < -0.39 is 16.3 Å². The van der Waals surface area contributed by atoms with Crippen LogP contribution in [0.25, 0.3) is 11.1 Å². The highest BCUT2D eigenvalue weighted by molar-refractivity contribution is 7.89. The van der Waals surface area contributed by atoms with Gasteiger partial charge >= 0.3 is 0 Å². The third kappa shape index (κ3) is 4.93. The first-order valence-electron chi connectivity index (χ1n) is 8.62. The highest BCUT2D eigenvalue weighted by Gasteiger charge is 2.19. The van der Waals surface area contributed by atoms with E-state index in [4.69, 9.17) is 19.3 Å². The van der Waals surface area contributed by atoms with E-state index in [2.05, 4.69) is 0 Å². The third-order valence-electron chi connectivity index (χ3n) is 4.27. The first kappa shape index (κ1) is 20.8. The van der Waals surface area contributed by atoms with Gasteiger partial charge < -0.3 is 19.3 Å². The molecule has 29 heavy (non-hydrogen) atoms. The minimum absolute atomic E-state index is 0.0476. The molecule has 0 fully saturated rings. The Morgan fingerprint density at radius 2 is 1.62 bits per heavy atom. The molecule has 3 aromatic carbocycles. The molecule has 0 aliphatic rings. The largest absolute Gasteiger partial charge is 0.497 e. The Kier molecular flexibility index (Phi) is 6.19. The fraction of sp³-hybridized carbons (Fsp3) is 0.143. The van der Waals surface area contributed by atoms with E-state index >= 15 is 0 Å². The molecule has 0 aromatic heterocycles. The molecule has 8 heteroatoms. The van der Waals surface area contributed by atoms with Crippen molar-refractivity contribution in [1.82, 2.24) is 0 Å². The number of hydrogen-bond acceptors (Lipinski definition) is 6. The minimum atomic E-state index is -4.09. The van der Waals surface area contributed by atoms with Crippen LogP contribution in [0.4, 0.5) is 0 Å². The van der Waals surface area contributed by atoms with Crippen molar-refractivity contribution in [3.8, 4) is 28.4 Å². The normalized spacial score (nSPS) is 12.4. The number of ether oxygens (including phenoxy) is 3. The maximum atomic E-state index is 12.0. The zero-order chi connectivity index (χ0) is 21.0. The molecule has 0 aliphatic heterocycles. The van der Waals surface area contributed by atoms with Crippen molar-refractivity contribution >= 4 is 10.0 Å². The zero-order valence-electron chi connectivity index (χ0n) is 15.9. The predicted molar refractivity (Wildman–Crippen MR) is 108 cm³/mol. The molecule has 3 aromatic rings. The van der Waals surface area contributed by atoms with Gasteiger partial charge in [-0.1, -0.05) is 30.3 Å². The number of hydrogen-bond donors (Lipinski definition) is 2. The number of nitrogens with two attached hydrogens (primary N) is 1. The second-order valence-corrected chi connectivity index (χ2v) is 7.73. The zero-order valence-corrected chi connectivity index (χ0v) is 16.7. The average molecular weight is 415 g/mol. The quantitative estimate of drug-likeness (QED) is 0.572. The fourth-order valence-corrected chi connectivity index (χ4v) is 3.46. The number of aliphatic hydroxyl groups excluding tert-OH is 1. The summed E-state index contributed by atoms with van der Waals surface area (Å²) in [6.07, 6.45) is -1.28. The van der Waals surface area contributed by atoms with E-state index in [0.29, 0.717) is 5.75 Å². The van der Waals surface area contributed by atoms with Gasteiger partial charge in [-0.05, 0) is 47.5 Å². The molecule has 0 saturated heterocycles. The lowest BCUT2D eigenvalue weighted by Crippen LogP contribution is -2.14. The number of rotatable bonds is 7. The Balaban J connectivity index is 1.95. The van der Waals surface area contributed by atoms with Crippen molar-refractivity contribution in [2.75, 3.05) is 14.2 Å². The molecule has 0 heterocycles. The molecular formula is C21H21NO6S. The number of benzene rings is 3. The Morgan fingerprint density at radius 1 is 0.897 bits per heavy atom. The van der Waals surface area contributed by atoms with Crippen LogP contribution < -0.4 is 14.6 Å². The van der Waals surface area contributed by atoms with E-state index in [1.54, 1.807) is 25.3 Å². The molecule has 3 rings (SSSR count). The summed E-state index contributed by atoms with van der Waals surface area (Å²) in [5.41, 5.74) is 2.08. The molecule has 0 bridgehead atoms. The molecule has 152 valence electrons. The number of methoxy groups -OCH3 is 2. The minimum Gasteiger partial charge on any atom is -0.497 e. The van der Waals surface area contributed by atoms with Gasteiger partial charge in [-0.2, -0.15) is 0 Å². The summed E-state index contributed by atoms with van der Waals surface area (Å²) in [4.78, 5) is -0.249. The highest BCUT2D eigenvalue weighted by atomic mass is 32.2. The van der Waals surface area contributed by atoms with Crippen LogP contribution in [0.5, 0.6) is 17.2 Å². The van der Waals surface area contributed by atoms with E-state index in [0.717, 1.165) is 16.9 Å². The van der Waals surface area contributed by atoms with Crippen LogP contribution in [0.3, 0.4) is 0 Å². The standard InChI is InChI=1S/C21H21NO6S/c1-26-17-9-6-14(7-10-17)15-4-3-5-18(12-15)28-19-11-8-16(21(23)27-2)13-20(19)29(22,24)25/h3-13,21,23H,1-2H3,(H2,22,24,25). The van der Waals surface area contributed by atoms with Crippen LogP contribution in [0, 0.1) is 0 Å². The maximum Gasteiger partial charge on any atom is 0.241 e. The topological polar surface area (TPSA) is 108 Å². The van der Waals surface area contributed by atoms with Gasteiger partial charge in [0.25, 0.3) is 0 Å². The molecule has 0 saturated carbocycles. The van der Waals surface area contributed by atoms with Gasteiger partial charge in [0.05, 0.1) is 7.11 Å². The van der Waals surface area contributed by atoms with Crippen molar-refractivity contribution in [3.63, 3.8) is 0 Å². The monoisotopic (exact) mass is 415 g/mol. The van der Waals surface area contributed by atoms with Gasteiger partial charge in [-0.3, -0.25) is 0 Å². The molecular weight excluding hydrogens is 394 g/mol. The van der Waals surface area contributed by atoms with Crippen LogP contribution in [0.1, 0.15) is 11.9 Å². The van der Waals surface area contributed by atoms with E-state index in [-0.39, 0.29) is 16.2 Å². The summed E-state index contributed by atoms with van der Waals surface area (Å²) in [6.45, 7) is 0. The second kappa shape index (κ2) is 8.62.